The molecule has 0 bridgehead atoms. The molecule has 0 aliphatic carbocycles. The number of nitrogens with one attached hydrogen (secondary N) is 3. The Morgan fingerprint density at radius 2 is 1.83 bits per heavy atom. The summed E-state index contributed by atoms with van der Waals surface area (Å²) < 4.78 is 33.4. The summed E-state index contributed by atoms with van der Waals surface area (Å²) in [6.45, 7) is 7.43. The zero-order valence-corrected chi connectivity index (χ0v) is 18.4. The Bertz CT molecular complexity index is 946. The summed E-state index contributed by atoms with van der Waals surface area (Å²) >= 11 is 6.12. The highest BCUT2D eigenvalue weighted by Crippen LogP contribution is 2.29. The highest BCUT2D eigenvalue weighted by atomic mass is 35.5. The number of para-hydroxylation sites is 2. The van der Waals surface area contributed by atoms with Crippen molar-refractivity contribution in [1.29, 1.82) is 0 Å². The van der Waals surface area contributed by atoms with Gasteiger partial charge in [-0.3, -0.25) is 9.52 Å². The van der Waals surface area contributed by atoms with Crippen molar-refractivity contribution in [3.05, 3.63) is 53.1 Å². The molecular weight excluding hydrogens is 414 g/mol. The fourth-order valence-corrected chi connectivity index (χ4v) is 4.43. The molecule has 2 rings (SSSR count). The number of hydrogen-bond donors (Lipinski definition) is 3. The van der Waals surface area contributed by atoms with E-state index in [-0.39, 0.29) is 27.1 Å². The lowest BCUT2D eigenvalue weighted by atomic mass is 10.2. The lowest BCUT2D eigenvalue weighted by molar-refractivity contribution is -0.895. The first-order valence-electron chi connectivity index (χ1n) is 9.39. The van der Waals surface area contributed by atoms with Gasteiger partial charge in [-0.2, -0.15) is 0 Å². The highest BCUT2D eigenvalue weighted by Gasteiger charge is 2.22. The molecule has 158 valence electrons. The van der Waals surface area contributed by atoms with Crippen LogP contribution < -0.4 is 19.7 Å². The van der Waals surface area contributed by atoms with Gasteiger partial charge in [0.2, 0.25) is 0 Å². The molecule has 3 N–H and O–H groups in total. The predicted molar refractivity (Wildman–Crippen MR) is 114 cm³/mol. The highest BCUT2D eigenvalue weighted by molar-refractivity contribution is 7.92. The molecule has 0 heterocycles. The summed E-state index contributed by atoms with van der Waals surface area (Å²) in [5.74, 6) is 0.0296. The maximum atomic E-state index is 12.9. The van der Waals surface area contributed by atoms with Crippen molar-refractivity contribution in [2.24, 2.45) is 0 Å². The number of carbonyl (C=O) groups is 1. The first-order valence-corrected chi connectivity index (χ1v) is 11.3. The Balaban J connectivity index is 2.20. The van der Waals surface area contributed by atoms with Crippen LogP contribution in [0, 0.1) is 0 Å². The number of likely N-dealkylation sites (N-methyl/N-ethyl adjacent to an activating group) is 1. The van der Waals surface area contributed by atoms with Crippen LogP contribution in [0.5, 0.6) is 5.75 Å². The van der Waals surface area contributed by atoms with E-state index in [0.717, 1.165) is 19.6 Å². The molecule has 1 amide bonds. The Labute approximate surface area is 177 Å². The molecule has 0 radical (unpaired) electrons. The number of methoxy groups -OCH3 is 1. The molecule has 9 heteroatoms. The molecule has 0 aliphatic heterocycles. The number of quaternary nitrogens is 1. The maximum Gasteiger partial charge on any atom is 0.263 e. The lowest BCUT2D eigenvalue weighted by Gasteiger charge is -2.16. The first kappa shape index (κ1) is 23.0. The monoisotopic (exact) mass is 440 g/mol. The van der Waals surface area contributed by atoms with Crippen LogP contribution in [-0.2, 0) is 10.0 Å². The number of ether oxygens (including phenoxy) is 1. The number of anilines is 1. The average molecular weight is 441 g/mol. The van der Waals surface area contributed by atoms with E-state index in [1.54, 1.807) is 24.3 Å². The molecule has 0 aromatic heterocycles. The molecular formula is C20H27ClN3O4S+. The second-order valence-corrected chi connectivity index (χ2v) is 8.47. The van der Waals surface area contributed by atoms with Gasteiger partial charge < -0.3 is 15.0 Å². The first-order chi connectivity index (χ1) is 13.8. The maximum absolute atomic E-state index is 12.9. The Hall–Kier alpha value is -2.29. The van der Waals surface area contributed by atoms with Gasteiger partial charge in [-0.1, -0.05) is 23.7 Å². The van der Waals surface area contributed by atoms with Gasteiger partial charge in [-0.15, -0.1) is 0 Å². The summed E-state index contributed by atoms with van der Waals surface area (Å²) in [7, 11) is -2.57. The number of amides is 1. The van der Waals surface area contributed by atoms with E-state index in [2.05, 4.69) is 23.9 Å². The molecule has 0 fully saturated rings. The van der Waals surface area contributed by atoms with Crippen LogP contribution in [0.1, 0.15) is 24.2 Å². The third-order valence-corrected chi connectivity index (χ3v) is 6.45. The van der Waals surface area contributed by atoms with Crippen molar-refractivity contribution in [2.45, 2.75) is 18.7 Å². The van der Waals surface area contributed by atoms with Gasteiger partial charge in [0.1, 0.15) is 10.6 Å². The molecule has 2 aromatic carbocycles. The summed E-state index contributed by atoms with van der Waals surface area (Å²) in [4.78, 5) is 13.6. The minimum absolute atomic E-state index is 0.0246. The smallest absolute Gasteiger partial charge is 0.263 e. The van der Waals surface area contributed by atoms with Crippen molar-refractivity contribution in [1.82, 2.24) is 5.32 Å². The van der Waals surface area contributed by atoms with E-state index >= 15 is 0 Å². The van der Waals surface area contributed by atoms with E-state index < -0.39 is 10.0 Å². The van der Waals surface area contributed by atoms with Crippen molar-refractivity contribution in [2.75, 3.05) is 38.0 Å². The van der Waals surface area contributed by atoms with Crippen LogP contribution in [0.2, 0.25) is 5.02 Å². The Morgan fingerprint density at radius 1 is 1.14 bits per heavy atom. The third kappa shape index (κ3) is 6.09. The molecule has 0 saturated carbocycles. The van der Waals surface area contributed by atoms with Gasteiger partial charge in [-0.25, -0.2) is 8.42 Å². The zero-order chi connectivity index (χ0) is 21.4. The van der Waals surface area contributed by atoms with Crippen LogP contribution in [-0.4, -0.2) is 47.6 Å². The second kappa shape index (κ2) is 10.5. The molecule has 0 unspecified atom stereocenters. The molecule has 0 atom stereocenters. The SMILES string of the molecule is CC[NH+](CC)CCNC(=O)c1ccc(Cl)c(S(=O)(=O)Nc2ccccc2OC)c1. The van der Waals surface area contributed by atoms with Gasteiger partial charge in [0, 0.05) is 5.56 Å². The van der Waals surface area contributed by atoms with E-state index in [0.29, 0.717) is 12.3 Å². The standard InChI is InChI=1S/C20H26ClN3O4S/c1-4-24(5-2)13-12-22-20(25)15-10-11-16(21)19(14-15)29(26,27)23-17-8-6-7-9-18(17)28-3/h6-11,14,23H,4-5,12-13H2,1-3H3,(H,22,25)/p+1. The predicted octanol–water partition coefficient (Wildman–Crippen LogP) is 1.80. The van der Waals surface area contributed by atoms with Crippen LogP contribution in [0.15, 0.2) is 47.4 Å². The van der Waals surface area contributed by atoms with Crippen LogP contribution >= 0.6 is 11.6 Å². The van der Waals surface area contributed by atoms with Gasteiger partial charge in [0.25, 0.3) is 15.9 Å². The minimum atomic E-state index is -4.02. The number of hydrogen-bond acceptors (Lipinski definition) is 4. The van der Waals surface area contributed by atoms with Gasteiger partial charge >= 0.3 is 0 Å². The lowest BCUT2D eigenvalue weighted by Crippen LogP contribution is -3.12. The van der Waals surface area contributed by atoms with E-state index in [1.165, 1.54) is 30.2 Å². The van der Waals surface area contributed by atoms with Crippen molar-refractivity contribution < 1.29 is 22.8 Å². The van der Waals surface area contributed by atoms with Crippen molar-refractivity contribution in [3.8, 4) is 5.75 Å². The Kier molecular flexibility index (Phi) is 8.31. The normalized spacial score (nSPS) is 11.3. The average Bonchev–Trinajstić information content (AvgIpc) is 2.71. The topological polar surface area (TPSA) is 88.9 Å². The van der Waals surface area contributed by atoms with Crippen LogP contribution in [0.4, 0.5) is 5.69 Å². The van der Waals surface area contributed by atoms with Crippen LogP contribution in [0.25, 0.3) is 0 Å². The third-order valence-electron chi connectivity index (χ3n) is 4.60. The van der Waals surface area contributed by atoms with E-state index in [4.69, 9.17) is 16.3 Å². The van der Waals surface area contributed by atoms with Gasteiger partial charge in [0.05, 0.1) is 44.0 Å². The molecule has 0 aliphatic rings. The van der Waals surface area contributed by atoms with Crippen molar-refractivity contribution >= 4 is 33.2 Å². The van der Waals surface area contributed by atoms with Crippen molar-refractivity contribution in [3.63, 3.8) is 0 Å². The summed E-state index contributed by atoms with van der Waals surface area (Å²) in [6.07, 6.45) is 0. The minimum Gasteiger partial charge on any atom is -0.495 e. The summed E-state index contributed by atoms with van der Waals surface area (Å²) in [6, 6.07) is 10.8. The zero-order valence-electron chi connectivity index (χ0n) is 16.8. The second-order valence-electron chi connectivity index (χ2n) is 6.41. The molecule has 2 aromatic rings. The van der Waals surface area contributed by atoms with E-state index in [9.17, 15) is 13.2 Å². The number of carbonyl (C=O) groups excluding carboxylic acids is 1. The largest absolute Gasteiger partial charge is 0.495 e. The molecule has 7 nitrogen and oxygen atoms in total. The Morgan fingerprint density at radius 3 is 2.48 bits per heavy atom. The molecule has 0 spiro atoms. The summed E-state index contributed by atoms with van der Waals surface area (Å²) in [5, 5.41) is 2.85. The van der Waals surface area contributed by atoms with Gasteiger partial charge in [0.15, 0.2) is 0 Å². The number of sulfonamides is 1. The molecule has 29 heavy (non-hydrogen) atoms. The fraction of sp³-hybridized carbons (Fsp3) is 0.350. The molecule has 0 saturated heterocycles. The van der Waals surface area contributed by atoms with Crippen LogP contribution in [0.3, 0.4) is 0 Å². The number of rotatable bonds is 10. The summed E-state index contributed by atoms with van der Waals surface area (Å²) in [5.41, 5.74) is 0.507. The fourth-order valence-electron chi connectivity index (χ4n) is 2.84. The van der Waals surface area contributed by atoms with E-state index in [1.807, 2.05) is 0 Å². The number of halogens is 1. The van der Waals surface area contributed by atoms with Gasteiger partial charge in [-0.05, 0) is 44.2 Å². The quantitative estimate of drug-likeness (QED) is 0.525. The number of benzene rings is 2.